The van der Waals surface area contributed by atoms with E-state index in [2.05, 4.69) is 26.3 Å². The van der Waals surface area contributed by atoms with Crippen LogP contribution in [0.5, 0.6) is 0 Å². The molecule has 0 saturated heterocycles. The molecule has 0 heterocycles. The van der Waals surface area contributed by atoms with Crippen molar-refractivity contribution in [1.29, 1.82) is 0 Å². The van der Waals surface area contributed by atoms with Crippen molar-refractivity contribution in [2.75, 3.05) is 0 Å². The maximum absolute atomic E-state index is 3.00. The number of hydrogen-bond donors (Lipinski definition) is 0. The summed E-state index contributed by atoms with van der Waals surface area (Å²) in [5.41, 5.74) is 0. The van der Waals surface area contributed by atoms with E-state index < -0.39 is 0 Å². The van der Waals surface area contributed by atoms with Crippen LogP contribution >= 0.6 is 0 Å². The quantitative estimate of drug-likeness (QED) is 0.329. The monoisotopic (exact) mass is 111 g/mol. The van der Waals surface area contributed by atoms with Gasteiger partial charge in [0.05, 0.1) is 0 Å². The van der Waals surface area contributed by atoms with E-state index in [0.717, 1.165) is 0 Å². The van der Waals surface area contributed by atoms with Crippen LogP contribution in [0.2, 0.25) is 0 Å². The van der Waals surface area contributed by atoms with Crippen LogP contribution in [0.25, 0.3) is 0 Å². The molecule has 0 N–H and O–H groups in total. The number of rotatable bonds is 0. The van der Waals surface area contributed by atoms with Crippen molar-refractivity contribution < 1.29 is 17.1 Å². The van der Waals surface area contributed by atoms with Crippen molar-refractivity contribution in [1.82, 2.24) is 0 Å². The molecule has 0 unspecified atom stereocenters. The summed E-state index contributed by atoms with van der Waals surface area (Å²) in [5.74, 6) is 0. The Hall–Kier alpha value is -0.000519. The summed E-state index contributed by atoms with van der Waals surface area (Å²) in [6.45, 7) is 12.0. The molecule has 0 fully saturated rings. The first-order valence-electron chi connectivity index (χ1n) is 1.000. The van der Waals surface area contributed by atoms with Crippen molar-refractivity contribution in [3.63, 3.8) is 0 Å². The Bertz CT molecular complexity index is 5.61. The van der Waals surface area contributed by atoms with Gasteiger partial charge in [0.2, 0.25) is 0 Å². The molecular formula is C4H8Mn. The molecule has 5 heavy (non-hydrogen) atoms. The molecule has 0 nitrogen and oxygen atoms in total. The average Bonchev–Trinajstić information content (AvgIpc) is 1.50. The fourth-order valence-electron chi connectivity index (χ4n) is 0. The first-order valence-corrected chi connectivity index (χ1v) is 1.000. The summed E-state index contributed by atoms with van der Waals surface area (Å²) in [4.78, 5) is 0. The molecular weight excluding hydrogens is 103 g/mol. The predicted octanol–water partition coefficient (Wildman–Crippen LogP) is 1.60. The van der Waals surface area contributed by atoms with Crippen LogP contribution in [0, 0.1) is 0 Å². The van der Waals surface area contributed by atoms with E-state index >= 15 is 0 Å². The zero-order valence-electron chi connectivity index (χ0n) is 3.21. The van der Waals surface area contributed by atoms with Crippen LogP contribution in [0.15, 0.2) is 26.3 Å². The van der Waals surface area contributed by atoms with Gasteiger partial charge >= 0.3 is 0 Å². The molecule has 0 aromatic carbocycles. The topological polar surface area (TPSA) is 0 Å². The van der Waals surface area contributed by atoms with E-state index in [1.807, 2.05) is 0 Å². The van der Waals surface area contributed by atoms with Gasteiger partial charge in [-0.05, 0) is 0 Å². The molecule has 0 amide bonds. The van der Waals surface area contributed by atoms with Gasteiger partial charge in [0.15, 0.2) is 0 Å². The fourth-order valence-corrected chi connectivity index (χ4v) is 0. The molecule has 31 valence electrons. The molecule has 0 spiro atoms. The standard InChI is InChI=1S/2C2H4.Mn/c2*1-2;/h2*1-2H2;. The molecule has 0 aliphatic carbocycles. The van der Waals surface area contributed by atoms with Crippen molar-refractivity contribution in [3.8, 4) is 0 Å². The van der Waals surface area contributed by atoms with E-state index in [9.17, 15) is 0 Å². The van der Waals surface area contributed by atoms with Crippen LogP contribution in [0.3, 0.4) is 0 Å². The van der Waals surface area contributed by atoms with Crippen molar-refractivity contribution >= 4 is 0 Å². The largest absolute Gasteiger partial charge is 0.106 e. The fraction of sp³-hybridized carbons (Fsp3) is 0. The third-order valence-electron chi connectivity index (χ3n) is 0. The Morgan fingerprint density at radius 1 is 0.600 bits per heavy atom. The van der Waals surface area contributed by atoms with Gasteiger partial charge in [0, 0.05) is 17.1 Å². The van der Waals surface area contributed by atoms with E-state index in [1.54, 1.807) is 0 Å². The van der Waals surface area contributed by atoms with E-state index in [0.29, 0.717) is 0 Å². The molecule has 0 aliphatic heterocycles. The SMILES string of the molecule is C=C.C=C.[Mn]. The maximum atomic E-state index is 3.00. The van der Waals surface area contributed by atoms with Crippen molar-refractivity contribution in [2.24, 2.45) is 0 Å². The van der Waals surface area contributed by atoms with Crippen LogP contribution in [0.4, 0.5) is 0 Å². The maximum Gasteiger partial charge on any atom is 0 e. The van der Waals surface area contributed by atoms with Gasteiger partial charge in [-0.15, -0.1) is 26.3 Å². The minimum Gasteiger partial charge on any atom is -0.106 e. The van der Waals surface area contributed by atoms with E-state index in [-0.39, 0.29) is 17.1 Å². The van der Waals surface area contributed by atoms with Crippen LogP contribution < -0.4 is 0 Å². The second kappa shape index (κ2) is 133000000. The van der Waals surface area contributed by atoms with Crippen molar-refractivity contribution in [2.45, 2.75) is 0 Å². The summed E-state index contributed by atoms with van der Waals surface area (Å²) in [7, 11) is 0. The zero-order valence-corrected chi connectivity index (χ0v) is 4.39. The molecule has 0 bridgehead atoms. The second-order valence-electron chi connectivity index (χ2n) is 0. The van der Waals surface area contributed by atoms with Gasteiger partial charge in [0.25, 0.3) is 0 Å². The van der Waals surface area contributed by atoms with Crippen LogP contribution in [-0.4, -0.2) is 0 Å². The van der Waals surface area contributed by atoms with Crippen LogP contribution in [0.1, 0.15) is 0 Å². The predicted molar refractivity (Wildman–Crippen MR) is 22.5 cm³/mol. The third kappa shape index (κ3) is 59300000. The molecule has 0 atom stereocenters. The smallest absolute Gasteiger partial charge is 0 e. The third-order valence-corrected chi connectivity index (χ3v) is 0. The van der Waals surface area contributed by atoms with Gasteiger partial charge in [-0.3, -0.25) is 0 Å². The summed E-state index contributed by atoms with van der Waals surface area (Å²) in [6, 6.07) is 0. The molecule has 0 aromatic rings. The molecule has 1 heteroatoms. The summed E-state index contributed by atoms with van der Waals surface area (Å²) < 4.78 is 0. The second-order valence-corrected chi connectivity index (χ2v) is 0. The van der Waals surface area contributed by atoms with Gasteiger partial charge in [-0.25, -0.2) is 0 Å². The Morgan fingerprint density at radius 3 is 0.600 bits per heavy atom. The van der Waals surface area contributed by atoms with Crippen molar-refractivity contribution in [3.05, 3.63) is 26.3 Å². The Kier molecular flexibility index (Phi) is 533000000. The zero-order chi connectivity index (χ0) is 4.00. The summed E-state index contributed by atoms with van der Waals surface area (Å²) in [6.07, 6.45) is 0. The van der Waals surface area contributed by atoms with E-state index in [1.165, 1.54) is 0 Å². The Balaban J connectivity index is -0.0000000133. The minimum absolute atomic E-state index is 0. The van der Waals surface area contributed by atoms with Gasteiger partial charge < -0.3 is 0 Å². The molecule has 0 aromatic heterocycles. The first-order chi connectivity index (χ1) is 2.00. The average molecular weight is 111 g/mol. The van der Waals surface area contributed by atoms with Gasteiger partial charge in [-0.2, -0.15) is 0 Å². The van der Waals surface area contributed by atoms with Crippen LogP contribution in [-0.2, 0) is 17.1 Å². The number of hydrogen-bond acceptors (Lipinski definition) is 0. The first kappa shape index (κ1) is 20.0. The minimum atomic E-state index is 0. The normalized spacial score (nSPS) is 1.60. The summed E-state index contributed by atoms with van der Waals surface area (Å²) >= 11 is 0. The molecule has 0 saturated carbocycles. The Labute approximate surface area is 44.1 Å². The van der Waals surface area contributed by atoms with E-state index in [4.69, 9.17) is 0 Å². The van der Waals surface area contributed by atoms with Gasteiger partial charge in [0.1, 0.15) is 0 Å². The molecule has 0 rings (SSSR count). The molecule has 0 aliphatic rings. The molecule has 1 radical (unpaired) electrons. The summed E-state index contributed by atoms with van der Waals surface area (Å²) in [5, 5.41) is 0. The van der Waals surface area contributed by atoms with Gasteiger partial charge in [-0.1, -0.05) is 0 Å². The Morgan fingerprint density at radius 2 is 0.600 bits per heavy atom.